The van der Waals surface area contributed by atoms with Crippen LogP contribution >= 0.6 is 0 Å². The average Bonchev–Trinajstić information content (AvgIpc) is 2.84. The molecular formula is C26H22N4O4. The minimum absolute atomic E-state index is 0.0164. The molecule has 170 valence electrons. The van der Waals surface area contributed by atoms with Crippen molar-refractivity contribution in [2.24, 2.45) is 15.0 Å². The number of aliphatic imine (C=N–C) groups is 3. The third kappa shape index (κ3) is 6.91. The number of esters is 1. The highest BCUT2D eigenvalue weighted by molar-refractivity contribution is 5.95. The average molecular weight is 454 g/mol. The Kier molecular flexibility index (Phi) is 8.32. The number of nitro groups is 1. The number of benzene rings is 3. The van der Waals surface area contributed by atoms with Gasteiger partial charge in [-0.2, -0.15) is 9.98 Å². The maximum Gasteiger partial charge on any atom is 0.357 e. The first-order valence-electron chi connectivity index (χ1n) is 10.5. The van der Waals surface area contributed by atoms with Crippen molar-refractivity contribution in [1.29, 1.82) is 0 Å². The Morgan fingerprint density at radius 3 is 2.47 bits per heavy atom. The van der Waals surface area contributed by atoms with E-state index in [1.54, 1.807) is 49.5 Å². The van der Waals surface area contributed by atoms with E-state index in [0.29, 0.717) is 11.4 Å². The van der Waals surface area contributed by atoms with Crippen LogP contribution in [0.3, 0.4) is 0 Å². The highest BCUT2D eigenvalue weighted by Crippen LogP contribution is 2.22. The molecule has 0 radical (unpaired) electrons. The van der Waals surface area contributed by atoms with Gasteiger partial charge < -0.3 is 4.74 Å². The van der Waals surface area contributed by atoms with Gasteiger partial charge in [-0.1, -0.05) is 24.3 Å². The number of carbonyl (C=O) groups is 1. The monoisotopic (exact) mass is 454 g/mol. The molecule has 8 heteroatoms. The SMILES string of the molecule is CCOC(=O)/C(=C/c1cc(N=Cc2ccc([N+](=O)[O-])cc2)ccc1C)N=C=Nc1ccccc1. The Bertz CT molecular complexity index is 1290. The van der Waals surface area contributed by atoms with Gasteiger partial charge in [0.1, 0.15) is 6.01 Å². The van der Waals surface area contributed by atoms with Crippen molar-refractivity contribution in [2.75, 3.05) is 6.61 Å². The molecule has 0 aliphatic rings. The van der Waals surface area contributed by atoms with Gasteiger partial charge in [0.25, 0.3) is 5.69 Å². The van der Waals surface area contributed by atoms with Gasteiger partial charge in [0.2, 0.25) is 0 Å². The number of aryl methyl sites for hydroxylation is 1. The van der Waals surface area contributed by atoms with Crippen LogP contribution in [0, 0.1) is 17.0 Å². The largest absolute Gasteiger partial charge is 0.461 e. The summed E-state index contributed by atoms with van der Waals surface area (Å²) in [6, 6.07) is 23.3. The fraction of sp³-hybridized carbons (Fsp3) is 0.115. The highest BCUT2D eigenvalue weighted by atomic mass is 16.6. The standard InChI is InChI=1S/C26H22N4O4/c1-3-34-26(31)25(29-18-28-22-7-5-4-6-8-22)16-21-15-23(12-9-19(21)2)27-17-20-10-13-24(14-11-20)30(32)33/h4-17H,3H2,1-2H3/b25-16-,27-17?. The highest BCUT2D eigenvalue weighted by Gasteiger charge is 2.11. The van der Waals surface area contributed by atoms with E-state index in [4.69, 9.17) is 4.74 Å². The molecule has 0 aliphatic carbocycles. The maximum atomic E-state index is 12.4. The van der Waals surface area contributed by atoms with Crippen molar-refractivity contribution in [3.8, 4) is 0 Å². The minimum atomic E-state index is -0.586. The summed E-state index contributed by atoms with van der Waals surface area (Å²) in [5, 5.41) is 10.8. The third-order valence-electron chi connectivity index (χ3n) is 4.61. The number of ether oxygens (including phenoxy) is 1. The van der Waals surface area contributed by atoms with E-state index < -0.39 is 10.9 Å². The van der Waals surface area contributed by atoms with Crippen molar-refractivity contribution < 1.29 is 14.5 Å². The smallest absolute Gasteiger partial charge is 0.357 e. The van der Waals surface area contributed by atoms with E-state index >= 15 is 0 Å². The molecule has 3 rings (SSSR count). The van der Waals surface area contributed by atoms with Crippen molar-refractivity contribution in [2.45, 2.75) is 13.8 Å². The second kappa shape index (κ2) is 11.8. The van der Waals surface area contributed by atoms with Gasteiger partial charge in [-0.25, -0.2) is 4.79 Å². The second-order valence-corrected chi connectivity index (χ2v) is 7.06. The fourth-order valence-corrected chi connectivity index (χ4v) is 2.82. The molecule has 8 nitrogen and oxygen atoms in total. The first kappa shape index (κ1) is 24.0. The van der Waals surface area contributed by atoms with Gasteiger partial charge in [-0.15, -0.1) is 0 Å². The lowest BCUT2D eigenvalue weighted by Crippen LogP contribution is -2.06. The lowest BCUT2D eigenvalue weighted by molar-refractivity contribution is -0.384. The lowest BCUT2D eigenvalue weighted by atomic mass is 10.1. The summed E-state index contributed by atoms with van der Waals surface area (Å²) in [7, 11) is 0. The summed E-state index contributed by atoms with van der Waals surface area (Å²) >= 11 is 0. The quantitative estimate of drug-likeness (QED) is 0.135. The number of rotatable bonds is 8. The van der Waals surface area contributed by atoms with Crippen molar-refractivity contribution in [3.63, 3.8) is 0 Å². The summed E-state index contributed by atoms with van der Waals surface area (Å²) in [6.45, 7) is 3.83. The van der Waals surface area contributed by atoms with Crippen molar-refractivity contribution in [1.82, 2.24) is 0 Å². The predicted octanol–water partition coefficient (Wildman–Crippen LogP) is 6.06. The van der Waals surface area contributed by atoms with Crippen LogP contribution in [0.5, 0.6) is 0 Å². The molecule has 0 fully saturated rings. The number of nitrogens with zero attached hydrogens (tertiary/aromatic N) is 4. The van der Waals surface area contributed by atoms with Crippen LogP contribution in [0.1, 0.15) is 23.6 Å². The summed E-state index contributed by atoms with van der Waals surface area (Å²) in [4.78, 5) is 35.4. The number of hydrogen-bond donors (Lipinski definition) is 0. The molecule has 3 aromatic rings. The lowest BCUT2D eigenvalue weighted by Gasteiger charge is -2.05. The van der Waals surface area contributed by atoms with Crippen molar-refractivity contribution >= 4 is 41.3 Å². The van der Waals surface area contributed by atoms with Crippen LogP contribution in [0.4, 0.5) is 17.1 Å². The predicted molar refractivity (Wildman–Crippen MR) is 132 cm³/mol. The topological polar surface area (TPSA) is 107 Å². The molecule has 0 unspecified atom stereocenters. The maximum absolute atomic E-state index is 12.4. The number of hydrogen-bond acceptors (Lipinski definition) is 7. The first-order chi connectivity index (χ1) is 16.5. The molecule has 0 aliphatic heterocycles. The Morgan fingerprint density at radius 2 is 1.79 bits per heavy atom. The van der Waals surface area contributed by atoms with E-state index in [1.807, 2.05) is 37.3 Å². The molecule has 0 N–H and O–H groups in total. The Balaban J connectivity index is 1.89. The number of nitro benzene ring substituents is 1. The van der Waals surface area contributed by atoms with Gasteiger partial charge in [-0.05, 0) is 73.0 Å². The molecule has 0 aromatic heterocycles. The Hall–Kier alpha value is -4.68. The molecule has 0 spiro atoms. The molecule has 0 saturated heterocycles. The first-order valence-corrected chi connectivity index (χ1v) is 10.5. The Labute approximate surface area is 196 Å². The van der Waals surface area contributed by atoms with E-state index in [1.165, 1.54) is 12.1 Å². The molecule has 0 saturated carbocycles. The van der Waals surface area contributed by atoms with Gasteiger partial charge in [0.05, 0.1) is 22.9 Å². The van der Waals surface area contributed by atoms with Gasteiger partial charge in [0.15, 0.2) is 5.70 Å². The second-order valence-electron chi connectivity index (χ2n) is 7.06. The fourth-order valence-electron chi connectivity index (χ4n) is 2.82. The normalized spacial score (nSPS) is 11.1. The van der Waals surface area contributed by atoms with Crippen LogP contribution in [0.15, 0.2) is 93.5 Å². The summed E-state index contributed by atoms with van der Waals surface area (Å²) in [5.74, 6) is -0.586. The van der Waals surface area contributed by atoms with Gasteiger partial charge in [-0.3, -0.25) is 15.1 Å². The van der Waals surface area contributed by atoms with Gasteiger partial charge >= 0.3 is 5.97 Å². The van der Waals surface area contributed by atoms with E-state index in [-0.39, 0.29) is 18.0 Å². The molecule has 0 atom stereocenters. The van der Waals surface area contributed by atoms with Crippen LogP contribution in [0.25, 0.3) is 6.08 Å². The number of carbonyl (C=O) groups excluding carboxylic acids is 1. The molecule has 34 heavy (non-hydrogen) atoms. The zero-order valence-corrected chi connectivity index (χ0v) is 18.7. The summed E-state index contributed by atoms with van der Waals surface area (Å²) < 4.78 is 5.12. The number of non-ortho nitro benzene ring substituents is 1. The molecule has 0 heterocycles. The van der Waals surface area contributed by atoms with Crippen LogP contribution in [-0.4, -0.2) is 29.7 Å². The van der Waals surface area contributed by atoms with Crippen LogP contribution in [-0.2, 0) is 9.53 Å². The van der Waals surface area contributed by atoms with Crippen LogP contribution in [0.2, 0.25) is 0 Å². The number of para-hydroxylation sites is 1. The molecule has 0 amide bonds. The molecular weight excluding hydrogens is 432 g/mol. The minimum Gasteiger partial charge on any atom is -0.461 e. The summed E-state index contributed by atoms with van der Waals surface area (Å²) in [6.07, 6.45) is 3.21. The van der Waals surface area contributed by atoms with Crippen molar-refractivity contribution in [3.05, 3.63) is 105 Å². The zero-order valence-electron chi connectivity index (χ0n) is 18.7. The zero-order chi connectivity index (χ0) is 24.3. The van der Waals surface area contributed by atoms with E-state index in [0.717, 1.165) is 16.7 Å². The summed E-state index contributed by atoms with van der Waals surface area (Å²) in [5.41, 5.74) is 3.73. The van der Waals surface area contributed by atoms with E-state index in [9.17, 15) is 14.9 Å². The molecule has 3 aromatic carbocycles. The Morgan fingerprint density at radius 1 is 1.06 bits per heavy atom. The van der Waals surface area contributed by atoms with Gasteiger partial charge in [0, 0.05) is 18.3 Å². The third-order valence-corrected chi connectivity index (χ3v) is 4.61. The van der Waals surface area contributed by atoms with E-state index in [2.05, 4.69) is 21.0 Å². The molecule has 0 bridgehead atoms. The van der Waals surface area contributed by atoms with Crippen LogP contribution < -0.4 is 0 Å².